The molecule has 1 atom stereocenters. The topological polar surface area (TPSA) is 52.6 Å². The number of benzene rings is 3. The number of aryl methyl sites for hydroxylation is 2. The fraction of sp³-hybridized carbons (Fsp3) is 0.300. The predicted molar refractivity (Wildman–Crippen MR) is 139 cm³/mol. The Morgan fingerprint density at radius 1 is 0.912 bits per heavy atom. The van der Waals surface area contributed by atoms with Crippen molar-refractivity contribution in [1.29, 1.82) is 0 Å². The zero-order valence-corrected chi connectivity index (χ0v) is 19.5. The molecule has 0 aromatic heterocycles. The van der Waals surface area contributed by atoms with Crippen molar-refractivity contribution in [1.82, 2.24) is 0 Å². The molecule has 1 aliphatic heterocycles. The van der Waals surface area contributed by atoms with Crippen LogP contribution in [0.4, 0.5) is 17.1 Å². The molecule has 3 aromatic rings. The van der Waals surface area contributed by atoms with Crippen molar-refractivity contribution in [2.24, 2.45) is 5.92 Å². The number of nitrogens with one attached hydrogen (secondary N) is 1. The minimum atomic E-state index is -0.929. The molecule has 4 nitrogen and oxygen atoms in total. The van der Waals surface area contributed by atoms with Gasteiger partial charge in [0.2, 0.25) is 0 Å². The van der Waals surface area contributed by atoms with Gasteiger partial charge in [0.05, 0.1) is 11.3 Å². The molecule has 1 aliphatic carbocycles. The van der Waals surface area contributed by atoms with Gasteiger partial charge in [-0.2, -0.15) is 0 Å². The monoisotopic (exact) mass is 452 g/mol. The fourth-order valence-electron chi connectivity index (χ4n) is 5.21. The number of carbonyl (C=O) groups is 1. The Kier molecular flexibility index (Phi) is 6.66. The van der Waals surface area contributed by atoms with E-state index in [4.69, 9.17) is 0 Å². The van der Waals surface area contributed by atoms with Crippen molar-refractivity contribution in [3.8, 4) is 0 Å². The molecular weight excluding hydrogens is 420 g/mol. The molecule has 0 spiro atoms. The summed E-state index contributed by atoms with van der Waals surface area (Å²) < 4.78 is 0. The van der Waals surface area contributed by atoms with Crippen LogP contribution in [0.25, 0.3) is 0 Å². The fourth-order valence-corrected chi connectivity index (χ4v) is 5.21. The number of rotatable bonds is 7. The molecule has 1 heterocycles. The molecule has 174 valence electrons. The summed E-state index contributed by atoms with van der Waals surface area (Å²) in [4.78, 5) is 13.9. The highest BCUT2D eigenvalue weighted by Crippen LogP contribution is 2.34. The van der Waals surface area contributed by atoms with E-state index in [1.54, 1.807) is 23.8 Å². The maximum absolute atomic E-state index is 11.4. The SMILES string of the molecule is O=C(O)c1ccccc1Nc1ccc(CCc2ccc(N3CCC4CCCC=C4C3)cc2)cc1. The Hall–Kier alpha value is -3.53. The Morgan fingerprint density at radius 3 is 2.35 bits per heavy atom. The maximum Gasteiger partial charge on any atom is 0.337 e. The third-order valence-corrected chi connectivity index (χ3v) is 7.20. The van der Waals surface area contributed by atoms with Gasteiger partial charge in [-0.1, -0.05) is 48.0 Å². The van der Waals surface area contributed by atoms with Crippen molar-refractivity contribution >= 4 is 23.0 Å². The van der Waals surface area contributed by atoms with Crippen LogP contribution >= 0.6 is 0 Å². The Morgan fingerprint density at radius 2 is 1.62 bits per heavy atom. The van der Waals surface area contributed by atoms with E-state index in [1.165, 1.54) is 49.0 Å². The molecule has 2 N–H and O–H groups in total. The summed E-state index contributed by atoms with van der Waals surface area (Å²) in [7, 11) is 0. The number of hydrogen-bond donors (Lipinski definition) is 2. The number of allylic oxidation sites excluding steroid dienone is 1. The van der Waals surface area contributed by atoms with E-state index < -0.39 is 5.97 Å². The number of piperidine rings is 1. The van der Waals surface area contributed by atoms with Crippen molar-refractivity contribution in [2.75, 3.05) is 23.3 Å². The van der Waals surface area contributed by atoms with Gasteiger partial charge in [0, 0.05) is 24.5 Å². The number of para-hydroxylation sites is 1. The molecule has 1 saturated heterocycles. The summed E-state index contributed by atoms with van der Waals surface area (Å²) in [6.07, 6.45) is 9.75. The summed E-state index contributed by atoms with van der Waals surface area (Å²) >= 11 is 0. The predicted octanol–water partition coefficient (Wildman–Crippen LogP) is 6.85. The molecule has 3 aromatic carbocycles. The molecule has 5 rings (SSSR count). The van der Waals surface area contributed by atoms with Gasteiger partial charge >= 0.3 is 5.97 Å². The summed E-state index contributed by atoms with van der Waals surface area (Å²) in [5, 5.41) is 12.6. The molecule has 1 fully saturated rings. The lowest BCUT2D eigenvalue weighted by Gasteiger charge is -2.37. The van der Waals surface area contributed by atoms with Crippen LogP contribution in [0.15, 0.2) is 84.4 Å². The molecule has 0 radical (unpaired) electrons. The van der Waals surface area contributed by atoms with E-state index >= 15 is 0 Å². The third-order valence-electron chi connectivity index (χ3n) is 7.20. The van der Waals surface area contributed by atoms with Gasteiger partial charge in [0.15, 0.2) is 0 Å². The van der Waals surface area contributed by atoms with Crippen LogP contribution in [-0.4, -0.2) is 24.2 Å². The highest BCUT2D eigenvalue weighted by molar-refractivity contribution is 5.95. The highest BCUT2D eigenvalue weighted by Gasteiger charge is 2.25. The van der Waals surface area contributed by atoms with E-state index in [2.05, 4.69) is 52.7 Å². The zero-order valence-electron chi connectivity index (χ0n) is 19.5. The normalized spacial score (nSPS) is 17.6. The first-order valence-corrected chi connectivity index (χ1v) is 12.4. The number of carboxylic acid groups (broad SMARTS) is 1. The van der Waals surface area contributed by atoms with Gasteiger partial charge in [-0.15, -0.1) is 0 Å². The van der Waals surface area contributed by atoms with Crippen molar-refractivity contribution in [2.45, 2.75) is 38.5 Å². The third kappa shape index (κ3) is 5.17. The van der Waals surface area contributed by atoms with Gasteiger partial charge in [-0.05, 0) is 92.0 Å². The van der Waals surface area contributed by atoms with E-state index in [9.17, 15) is 9.90 Å². The minimum Gasteiger partial charge on any atom is -0.478 e. The lowest BCUT2D eigenvalue weighted by atomic mass is 9.82. The summed E-state index contributed by atoms with van der Waals surface area (Å²) in [5.74, 6) is -0.0981. The van der Waals surface area contributed by atoms with Crippen LogP contribution in [0.5, 0.6) is 0 Å². The molecule has 4 heteroatoms. The van der Waals surface area contributed by atoms with Crippen LogP contribution < -0.4 is 10.2 Å². The Labute approximate surface area is 201 Å². The van der Waals surface area contributed by atoms with Crippen molar-refractivity contribution in [3.63, 3.8) is 0 Å². The van der Waals surface area contributed by atoms with E-state index in [0.717, 1.165) is 31.0 Å². The lowest BCUT2D eigenvalue weighted by Crippen LogP contribution is -2.36. The summed E-state index contributed by atoms with van der Waals surface area (Å²) in [6.45, 7) is 2.26. The van der Waals surface area contributed by atoms with E-state index in [-0.39, 0.29) is 5.56 Å². The van der Waals surface area contributed by atoms with Gasteiger partial charge in [0.25, 0.3) is 0 Å². The van der Waals surface area contributed by atoms with Gasteiger partial charge < -0.3 is 15.3 Å². The van der Waals surface area contributed by atoms with Crippen LogP contribution in [0.3, 0.4) is 0 Å². The molecule has 0 saturated carbocycles. The van der Waals surface area contributed by atoms with E-state index in [1.807, 2.05) is 18.2 Å². The van der Waals surface area contributed by atoms with E-state index in [0.29, 0.717) is 5.69 Å². The standard InChI is InChI=1S/C30H32N2O2/c33-30(34)28-7-3-4-8-29(28)31-26-15-11-22(12-16-26)9-10-23-13-17-27(18-14-23)32-20-19-24-5-1-2-6-25(24)21-32/h3-4,6-8,11-18,24,31H,1-2,5,9-10,19-21H2,(H,33,34). The number of nitrogens with zero attached hydrogens (tertiary/aromatic N) is 1. The number of carboxylic acids is 1. The van der Waals surface area contributed by atoms with Gasteiger partial charge in [0.1, 0.15) is 0 Å². The summed E-state index contributed by atoms with van der Waals surface area (Å²) in [5.41, 5.74) is 7.39. The second-order valence-corrected chi connectivity index (χ2v) is 9.46. The molecular formula is C30H32N2O2. The molecule has 34 heavy (non-hydrogen) atoms. The first-order valence-electron chi connectivity index (χ1n) is 12.4. The number of fused-ring (bicyclic) bond motifs is 1. The zero-order chi connectivity index (χ0) is 23.3. The molecule has 1 unspecified atom stereocenters. The number of hydrogen-bond acceptors (Lipinski definition) is 3. The van der Waals surface area contributed by atoms with Crippen LogP contribution in [0.2, 0.25) is 0 Å². The quantitative estimate of drug-likeness (QED) is 0.385. The smallest absolute Gasteiger partial charge is 0.337 e. The average molecular weight is 453 g/mol. The van der Waals surface area contributed by atoms with Crippen LogP contribution in [0, 0.1) is 5.92 Å². The second-order valence-electron chi connectivity index (χ2n) is 9.46. The van der Waals surface area contributed by atoms with Crippen LogP contribution in [0.1, 0.15) is 47.2 Å². The summed E-state index contributed by atoms with van der Waals surface area (Å²) in [6, 6.07) is 24.3. The first kappa shape index (κ1) is 22.3. The molecule has 0 amide bonds. The second kappa shape index (κ2) is 10.2. The van der Waals surface area contributed by atoms with Crippen molar-refractivity contribution in [3.05, 3.63) is 101 Å². The van der Waals surface area contributed by atoms with Gasteiger partial charge in [-0.3, -0.25) is 0 Å². The highest BCUT2D eigenvalue weighted by atomic mass is 16.4. The number of anilines is 3. The number of aromatic carboxylic acids is 1. The maximum atomic E-state index is 11.4. The molecule has 0 bridgehead atoms. The first-order chi connectivity index (χ1) is 16.7. The largest absolute Gasteiger partial charge is 0.478 e. The average Bonchev–Trinajstić information content (AvgIpc) is 2.88. The van der Waals surface area contributed by atoms with Crippen molar-refractivity contribution < 1.29 is 9.90 Å². The molecule has 2 aliphatic rings. The Bertz CT molecular complexity index is 1170. The lowest BCUT2D eigenvalue weighted by molar-refractivity contribution is 0.0698. The minimum absolute atomic E-state index is 0.273. The van der Waals surface area contributed by atoms with Crippen LogP contribution in [-0.2, 0) is 12.8 Å². The van der Waals surface area contributed by atoms with Gasteiger partial charge in [-0.25, -0.2) is 4.79 Å². The Balaban J connectivity index is 1.16.